The average Bonchev–Trinajstić information content (AvgIpc) is 2.63. The van der Waals surface area contributed by atoms with Gasteiger partial charge in [0.2, 0.25) is 0 Å². The Morgan fingerprint density at radius 2 is 2.05 bits per heavy atom. The number of nitrogens with zero attached hydrogens (tertiary/aromatic N) is 1. The highest BCUT2D eigenvalue weighted by Crippen LogP contribution is 2.32. The van der Waals surface area contributed by atoms with Crippen molar-refractivity contribution in [1.82, 2.24) is 5.32 Å². The fraction of sp³-hybridized carbons (Fsp3) is 0.467. The van der Waals surface area contributed by atoms with Gasteiger partial charge in [0.15, 0.2) is 5.78 Å². The Kier molecular flexibility index (Phi) is 4.47. The zero-order valence-corrected chi connectivity index (χ0v) is 12.1. The number of para-hydroxylation sites is 1. The maximum Gasteiger partial charge on any atom is 0.404 e. The number of Topliss-reactive ketones (excluding diaryl/α,β-unsaturated/α-hetero) is 1. The van der Waals surface area contributed by atoms with Gasteiger partial charge in [-0.3, -0.25) is 10.0 Å². The molecule has 0 saturated heterocycles. The molecule has 2 unspecified atom stereocenters. The molecule has 0 aromatic heterocycles. The quantitative estimate of drug-likeness (QED) is 0.776. The van der Waals surface area contributed by atoms with Gasteiger partial charge >= 0.3 is 6.09 Å². The number of anilines is 1. The number of carboxylic acid groups (broad SMARTS) is 1. The average molecular weight is 292 g/mol. The maximum atomic E-state index is 12.3. The molecule has 2 rings (SSSR count). The molecule has 6 nitrogen and oxygen atoms in total. The van der Waals surface area contributed by atoms with Gasteiger partial charge in [0.1, 0.15) is 6.04 Å². The predicted molar refractivity (Wildman–Crippen MR) is 77.8 cm³/mol. The molecular formula is C15H20N2O4. The minimum atomic E-state index is -1.12. The van der Waals surface area contributed by atoms with Crippen LogP contribution in [0.1, 0.15) is 37.0 Å². The third-order valence-electron chi connectivity index (χ3n) is 3.61. The lowest BCUT2D eigenvalue weighted by Gasteiger charge is -2.25. The van der Waals surface area contributed by atoms with Crippen LogP contribution in [0.3, 0.4) is 0 Å². The fourth-order valence-electron chi connectivity index (χ4n) is 2.77. The number of ketones is 1. The van der Waals surface area contributed by atoms with Gasteiger partial charge in [-0.15, -0.1) is 0 Å². The van der Waals surface area contributed by atoms with Crippen molar-refractivity contribution in [3.05, 3.63) is 29.8 Å². The number of benzene rings is 1. The van der Waals surface area contributed by atoms with Crippen molar-refractivity contribution >= 4 is 17.6 Å². The van der Waals surface area contributed by atoms with Gasteiger partial charge in [0.05, 0.1) is 5.69 Å². The van der Waals surface area contributed by atoms with E-state index in [1.165, 1.54) is 0 Å². The molecule has 1 amide bonds. The Bertz CT molecular complexity index is 544. The number of carbonyl (C=O) groups is 2. The highest BCUT2D eigenvalue weighted by molar-refractivity contribution is 6.10. The molecule has 21 heavy (non-hydrogen) atoms. The Hall–Kier alpha value is -2.08. The summed E-state index contributed by atoms with van der Waals surface area (Å²) >= 11 is 0. The van der Waals surface area contributed by atoms with E-state index in [0.717, 1.165) is 5.06 Å². The van der Waals surface area contributed by atoms with E-state index < -0.39 is 12.1 Å². The van der Waals surface area contributed by atoms with E-state index in [1.807, 2.05) is 13.8 Å². The number of rotatable bonds is 5. The molecule has 114 valence electrons. The van der Waals surface area contributed by atoms with E-state index in [4.69, 9.17) is 5.11 Å². The number of nitrogens with one attached hydrogen (secondary N) is 1. The first-order chi connectivity index (χ1) is 9.90. The van der Waals surface area contributed by atoms with Crippen LogP contribution in [-0.2, 0) is 0 Å². The van der Waals surface area contributed by atoms with Gasteiger partial charge in [-0.25, -0.2) is 9.86 Å². The van der Waals surface area contributed by atoms with Crippen molar-refractivity contribution in [3.8, 4) is 0 Å². The Morgan fingerprint density at radius 3 is 2.62 bits per heavy atom. The van der Waals surface area contributed by atoms with Gasteiger partial charge in [-0.2, -0.15) is 0 Å². The van der Waals surface area contributed by atoms with Crippen LogP contribution >= 0.6 is 0 Å². The molecule has 1 aliphatic heterocycles. The van der Waals surface area contributed by atoms with Crippen LogP contribution in [0.5, 0.6) is 0 Å². The summed E-state index contributed by atoms with van der Waals surface area (Å²) < 4.78 is 0. The van der Waals surface area contributed by atoms with Gasteiger partial charge in [0, 0.05) is 11.6 Å². The minimum absolute atomic E-state index is 0.172. The lowest BCUT2D eigenvalue weighted by atomic mass is 9.95. The van der Waals surface area contributed by atoms with Gasteiger partial charge < -0.3 is 10.4 Å². The third-order valence-corrected chi connectivity index (χ3v) is 3.61. The molecule has 0 fully saturated rings. The number of fused-ring (bicyclic) bond motifs is 1. The molecule has 1 aliphatic rings. The number of carbonyl (C=O) groups excluding carboxylic acids is 1. The van der Waals surface area contributed by atoms with Gasteiger partial charge in [0.25, 0.3) is 0 Å². The van der Waals surface area contributed by atoms with Crippen molar-refractivity contribution in [3.63, 3.8) is 0 Å². The van der Waals surface area contributed by atoms with Crippen LogP contribution < -0.4 is 10.4 Å². The standard InChI is InChI=1S/C15H20N2O4/c1-9(2)7-10(16-15(19)20)8-13-14(18)11-5-3-4-6-12(11)17(13)21/h3-6,9-10,13,16,21H,7-8H2,1-2H3,(H,19,20). The summed E-state index contributed by atoms with van der Waals surface area (Å²) in [6.07, 6.45) is -0.262. The minimum Gasteiger partial charge on any atom is -0.465 e. The number of hydroxylamine groups is 1. The number of hydrogen-bond donors (Lipinski definition) is 3. The molecule has 1 aromatic rings. The molecule has 0 bridgehead atoms. The first-order valence-corrected chi connectivity index (χ1v) is 7.01. The smallest absolute Gasteiger partial charge is 0.404 e. The zero-order chi connectivity index (χ0) is 15.6. The third kappa shape index (κ3) is 3.33. The number of amides is 1. The zero-order valence-electron chi connectivity index (χ0n) is 12.1. The first-order valence-electron chi connectivity index (χ1n) is 7.01. The molecule has 0 aliphatic carbocycles. The van der Waals surface area contributed by atoms with Crippen molar-refractivity contribution in [2.45, 2.75) is 38.8 Å². The van der Waals surface area contributed by atoms with Crippen LogP contribution in [0.4, 0.5) is 10.5 Å². The van der Waals surface area contributed by atoms with Crippen LogP contribution in [0.25, 0.3) is 0 Å². The van der Waals surface area contributed by atoms with Crippen molar-refractivity contribution in [2.24, 2.45) is 5.92 Å². The molecule has 0 radical (unpaired) electrons. The lowest BCUT2D eigenvalue weighted by Crippen LogP contribution is -2.43. The monoisotopic (exact) mass is 292 g/mol. The van der Waals surface area contributed by atoms with E-state index in [0.29, 0.717) is 17.7 Å². The second-order valence-electron chi connectivity index (χ2n) is 5.75. The number of hydrogen-bond acceptors (Lipinski definition) is 4. The first kappa shape index (κ1) is 15.3. The second kappa shape index (κ2) is 6.13. The Balaban J connectivity index is 2.14. The van der Waals surface area contributed by atoms with E-state index in [1.54, 1.807) is 24.3 Å². The van der Waals surface area contributed by atoms with E-state index in [9.17, 15) is 14.8 Å². The van der Waals surface area contributed by atoms with E-state index >= 15 is 0 Å². The predicted octanol–water partition coefficient (Wildman–Crippen LogP) is 2.52. The summed E-state index contributed by atoms with van der Waals surface area (Å²) in [4.78, 5) is 23.2. The summed E-state index contributed by atoms with van der Waals surface area (Å²) in [5.41, 5.74) is 0.953. The largest absolute Gasteiger partial charge is 0.465 e. The van der Waals surface area contributed by atoms with Crippen molar-refractivity contribution < 1.29 is 19.9 Å². The Morgan fingerprint density at radius 1 is 1.38 bits per heavy atom. The molecule has 3 N–H and O–H groups in total. The fourth-order valence-corrected chi connectivity index (χ4v) is 2.77. The molecular weight excluding hydrogens is 272 g/mol. The summed E-state index contributed by atoms with van der Waals surface area (Å²) in [6, 6.07) is 5.73. The van der Waals surface area contributed by atoms with E-state index in [-0.39, 0.29) is 24.2 Å². The van der Waals surface area contributed by atoms with Crippen molar-refractivity contribution in [1.29, 1.82) is 0 Å². The summed E-state index contributed by atoms with van der Waals surface area (Å²) in [5, 5.41) is 22.5. The summed E-state index contributed by atoms with van der Waals surface area (Å²) in [5.74, 6) is 0.113. The van der Waals surface area contributed by atoms with Gasteiger partial charge in [-0.05, 0) is 30.9 Å². The van der Waals surface area contributed by atoms with Crippen molar-refractivity contribution in [2.75, 3.05) is 5.06 Å². The SMILES string of the molecule is CC(C)CC(CC1C(=O)c2ccccc2N1O)NC(=O)O. The molecule has 0 saturated carbocycles. The van der Waals surface area contributed by atoms with Crippen LogP contribution in [0.15, 0.2) is 24.3 Å². The van der Waals surface area contributed by atoms with Crippen LogP contribution in [0, 0.1) is 5.92 Å². The summed E-state index contributed by atoms with van der Waals surface area (Å²) in [6.45, 7) is 3.97. The van der Waals surface area contributed by atoms with Crippen LogP contribution in [0.2, 0.25) is 0 Å². The topological polar surface area (TPSA) is 89.9 Å². The second-order valence-corrected chi connectivity index (χ2v) is 5.75. The molecule has 2 atom stereocenters. The molecule has 1 heterocycles. The van der Waals surface area contributed by atoms with Gasteiger partial charge in [-0.1, -0.05) is 26.0 Å². The van der Waals surface area contributed by atoms with E-state index in [2.05, 4.69) is 5.32 Å². The van der Waals surface area contributed by atoms with Crippen LogP contribution in [-0.4, -0.2) is 34.3 Å². The highest BCUT2D eigenvalue weighted by Gasteiger charge is 2.38. The highest BCUT2D eigenvalue weighted by atomic mass is 16.5. The lowest BCUT2D eigenvalue weighted by molar-refractivity contribution is 0.0906. The summed E-state index contributed by atoms with van der Waals surface area (Å²) in [7, 11) is 0. The molecule has 0 spiro atoms. The Labute approximate surface area is 123 Å². The normalized spacial score (nSPS) is 18.8. The molecule has 6 heteroatoms. The molecule has 1 aromatic carbocycles. The maximum absolute atomic E-state index is 12.3.